The van der Waals surface area contributed by atoms with Crippen LogP contribution in [0.2, 0.25) is 0 Å². The fraction of sp³-hybridized carbons (Fsp3) is 0.0667. The summed E-state index contributed by atoms with van der Waals surface area (Å²) >= 11 is 0. The van der Waals surface area contributed by atoms with E-state index in [1.807, 2.05) is 30.3 Å². The van der Waals surface area contributed by atoms with Gasteiger partial charge in [0.2, 0.25) is 0 Å². The minimum atomic E-state index is -1.51. The number of benzene rings is 2. The molecule has 3 aromatic rings. The molecule has 3 rings (SSSR count). The molecule has 0 bridgehead atoms. The summed E-state index contributed by atoms with van der Waals surface area (Å²) in [4.78, 5) is 0. The summed E-state index contributed by atoms with van der Waals surface area (Å²) in [5.74, 6) is 0.778. The van der Waals surface area contributed by atoms with Crippen LogP contribution in [0.5, 0.6) is 5.75 Å². The molecule has 0 saturated heterocycles. The zero-order valence-electron chi connectivity index (χ0n) is 11.9. The second-order valence-electron chi connectivity index (χ2n) is 4.75. The fourth-order valence-electron chi connectivity index (χ4n) is 2.11. The molecule has 2 N–H and O–H groups in total. The maximum Gasteiger partial charge on any atom is 0.488 e. The number of aromatic nitrogens is 3. The highest BCUT2D eigenvalue weighted by molar-refractivity contribution is 6.58. The highest BCUT2D eigenvalue weighted by Crippen LogP contribution is 2.20. The predicted octanol–water partition coefficient (Wildman–Crippen LogP) is 0.623. The van der Waals surface area contributed by atoms with Gasteiger partial charge in [-0.3, -0.25) is 0 Å². The van der Waals surface area contributed by atoms with Crippen LogP contribution in [-0.4, -0.2) is 39.3 Å². The summed E-state index contributed by atoms with van der Waals surface area (Å²) in [7, 11) is 0.109. The first-order valence-corrected chi connectivity index (χ1v) is 6.70. The van der Waals surface area contributed by atoms with E-state index in [1.54, 1.807) is 36.2 Å². The van der Waals surface area contributed by atoms with Crippen LogP contribution in [0, 0.1) is 0 Å². The molecule has 0 atom stereocenters. The van der Waals surface area contributed by atoms with Gasteiger partial charge >= 0.3 is 7.12 Å². The van der Waals surface area contributed by atoms with E-state index >= 15 is 0 Å². The van der Waals surface area contributed by atoms with E-state index in [0.29, 0.717) is 11.2 Å². The maximum atomic E-state index is 9.23. The van der Waals surface area contributed by atoms with E-state index in [4.69, 9.17) is 4.74 Å². The van der Waals surface area contributed by atoms with Gasteiger partial charge in [0, 0.05) is 5.56 Å². The van der Waals surface area contributed by atoms with Crippen LogP contribution in [0.4, 0.5) is 0 Å². The molecule has 6 nitrogen and oxygen atoms in total. The smallest absolute Gasteiger partial charge is 0.488 e. The average Bonchev–Trinajstić information content (AvgIpc) is 3.05. The van der Waals surface area contributed by atoms with Gasteiger partial charge in [-0.05, 0) is 41.9 Å². The number of hydrogen-bond donors (Lipinski definition) is 2. The number of nitrogens with zero attached hydrogens (tertiary/aromatic N) is 3. The third-order valence-corrected chi connectivity index (χ3v) is 3.31. The second kappa shape index (κ2) is 6.01. The van der Waals surface area contributed by atoms with Gasteiger partial charge in [-0.1, -0.05) is 17.3 Å². The zero-order valence-corrected chi connectivity index (χ0v) is 11.9. The summed E-state index contributed by atoms with van der Waals surface area (Å²) in [6.45, 7) is 0. The largest absolute Gasteiger partial charge is 0.497 e. The van der Waals surface area contributed by atoms with Crippen LogP contribution in [0.3, 0.4) is 0 Å². The lowest BCUT2D eigenvalue weighted by atomic mass is 9.80. The van der Waals surface area contributed by atoms with E-state index in [2.05, 4.69) is 10.3 Å². The minimum absolute atomic E-state index is 0.402. The van der Waals surface area contributed by atoms with Crippen LogP contribution in [0.1, 0.15) is 0 Å². The van der Waals surface area contributed by atoms with E-state index in [0.717, 1.165) is 17.0 Å². The molecule has 1 heterocycles. The Morgan fingerprint density at radius 1 is 1.09 bits per heavy atom. The maximum absolute atomic E-state index is 9.23. The summed E-state index contributed by atoms with van der Waals surface area (Å²) in [5.41, 5.74) is 2.75. The molecule has 0 saturated carbocycles. The van der Waals surface area contributed by atoms with E-state index in [9.17, 15) is 10.0 Å². The highest BCUT2D eigenvalue weighted by Gasteiger charge is 2.12. The molecule has 0 aliphatic carbocycles. The third kappa shape index (κ3) is 2.85. The Balaban J connectivity index is 1.91. The van der Waals surface area contributed by atoms with Gasteiger partial charge in [0.05, 0.1) is 19.0 Å². The standard InChI is InChI=1S/C15H14BN3O3/c1-22-14-7-5-11(6-8-14)15-10-19(18-17-15)13-4-2-3-12(9-13)16(20)21/h2-10,20-21H,1H3. The molecule has 0 aliphatic rings. The van der Waals surface area contributed by atoms with Crippen molar-refractivity contribution in [1.29, 1.82) is 0 Å². The molecule has 110 valence electrons. The molecule has 0 unspecified atom stereocenters. The molecular formula is C15H14BN3O3. The van der Waals surface area contributed by atoms with Crippen LogP contribution in [0.25, 0.3) is 16.9 Å². The Morgan fingerprint density at radius 2 is 1.86 bits per heavy atom. The molecule has 0 radical (unpaired) electrons. The van der Waals surface area contributed by atoms with Crippen molar-refractivity contribution >= 4 is 12.6 Å². The SMILES string of the molecule is COc1ccc(-c2cn(-c3cccc(B(O)O)c3)nn2)cc1. The average molecular weight is 295 g/mol. The highest BCUT2D eigenvalue weighted by atomic mass is 16.5. The zero-order chi connectivity index (χ0) is 15.5. The summed E-state index contributed by atoms with van der Waals surface area (Å²) in [5, 5.41) is 26.7. The van der Waals surface area contributed by atoms with Crippen LogP contribution in [0.15, 0.2) is 54.7 Å². The Labute approximate surface area is 127 Å². The molecule has 1 aromatic heterocycles. The Hall–Kier alpha value is -2.64. The lowest BCUT2D eigenvalue weighted by molar-refractivity contribution is 0.415. The monoisotopic (exact) mass is 295 g/mol. The molecule has 7 heteroatoms. The summed E-state index contributed by atoms with van der Waals surface area (Å²) in [6, 6.07) is 14.4. The lowest BCUT2D eigenvalue weighted by Gasteiger charge is -2.03. The van der Waals surface area contributed by atoms with Crippen molar-refractivity contribution in [2.45, 2.75) is 0 Å². The van der Waals surface area contributed by atoms with Crippen LogP contribution < -0.4 is 10.2 Å². The Bertz CT molecular complexity index is 772. The molecule has 22 heavy (non-hydrogen) atoms. The second-order valence-corrected chi connectivity index (χ2v) is 4.75. The minimum Gasteiger partial charge on any atom is -0.497 e. The van der Waals surface area contributed by atoms with E-state index in [1.165, 1.54) is 0 Å². The number of methoxy groups -OCH3 is 1. The first-order valence-electron chi connectivity index (χ1n) is 6.70. The molecule has 2 aromatic carbocycles. The summed E-state index contributed by atoms with van der Waals surface area (Å²) < 4.78 is 6.72. The van der Waals surface area contributed by atoms with E-state index < -0.39 is 7.12 Å². The van der Waals surface area contributed by atoms with Crippen LogP contribution >= 0.6 is 0 Å². The normalized spacial score (nSPS) is 10.5. The Kier molecular flexibility index (Phi) is 3.91. The van der Waals surface area contributed by atoms with Gasteiger partial charge in [0.1, 0.15) is 11.4 Å². The topological polar surface area (TPSA) is 80.4 Å². The Morgan fingerprint density at radius 3 is 2.55 bits per heavy atom. The number of rotatable bonds is 4. The van der Waals surface area contributed by atoms with Gasteiger partial charge in [-0.25, -0.2) is 4.68 Å². The van der Waals surface area contributed by atoms with Crippen molar-refractivity contribution in [2.75, 3.05) is 7.11 Å². The van der Waals surface area contributed by atoms with Crippen LogP contribution in [-0.2, 0) is 0 Å². The van der Waals surface area contributed by atoms with Crippen molar-refractivity contribution in [3.63, 3.8) is 0 Å². The molecular weight excluding hydrogens is 281 g/mol. The van der Waals surface area contributed by atoms with Gasteiger partial charge in [0.15, 0.2) is 0 Å². The quantitative estimate of drug-likeness (QED) is 0.690. The lowest BCUT2D eigenvalue weighted by Crippen LogP contribution is -2.29. The molecule has 0 aliphatic heterocycles. The van der Waals surface area contributed by atoms with Crippen molar-refractivity contribution in [2.24, 2.45) is 0 Å². The fourth-order valence-corrected chi connectivity index (χ4v) is 2.11. The van der Waals surface area contributed by atoms with Gasteiger partial charge in [0.25, 0.3) is 0 Å². The predicted molar refractivity (Wildman–Crippen MR) is 83.2 cm³/mol. The van der Waals surface area contributed by atoms with Gasteiger partial charge < -0.3 is 14.8 Å². The molecule has 0 spiro atoms. The van der Waals surface area contributed by atoms with Gasteiger partial charge in [-0.2, -0.15) is 0 Å². The van der Waals surface area contributed by atoms with Crippen molar-refractivity contribution in [1.82, 2.24) is 15.0 Å². The number of hydrogen-bond acceptors (Lipinski definition) is 5. The molecule has 0 amide bonds. The van der Waals surface area contributed by atoms with Gasteiger partial charge in [-0.15, -0.1) is 5.10 Å². The first-order chi connectivity index (χ1) is 10.7. The third-order valence-electron chi connectivity index (χ3n) is 3.31. The van der Waals surface area contributed by atoms with Crippen molar-refractivity contribution in [3.8, 4) is 22.7 Å². The number of ether oxygens (including phenoxy) is 1. The molecule has 0 fully saturated rings. The van der Waals surface area contributed by atoms with Crippen molar-refractivity contribution < 1.29 is 14.8 Å². The summed E-state index contributed by atoms with van der Waals surface area (Å²) in [6.07, 6.45) is 1.78. The first kappa shape index (κ1) is 14.3. The van der Waals surface area contributed by atoms with Crippen molar-refractivity contribution in [3.05, 3.63) is 54.7 Å². The van der Waals surface area contributed by atoms with E-state index in [-0.39, 0.29) is 0 Å².